The second-order valence-corrected chi connectivity index (χ2v) is 4.76. The molecule has 100 valence electrons. The topological polar surface area (TPSA) is 64.7 Å². The SMILES string of the molecule is Nc1nc(Sc2ncccc2Cl)cc(C(F)(F)F)n1. The molecule has 4 nitrogen and oxygen atoms in total. The van der Waals surface area contributed by atoms with Crippen molar-refractivity contribution in [2.24, 2.45) is 0 Å². The Hall–Kier alpha value is -1.54. The summed E-state index contributed by atoms with van der Waals surface area (Å²) >= 11 is 6.75. The van der Waals surface area contributed by atoms with Crippen LogP contribution in [-0.2, 0) is 6.18 Å². The number of rotatable bonds is 2. The third-order valence-electron chi connectivity index (χ3n) is 1.94. The van der Waals surface area contributed by atoms with Gasteiger partial charge >= 0.3 is 6.18 Å². The number of nitrogens with zero attached hydrogens (tertiary/aromatic N) is 3. The highest BCUT2D eigenvalue weighted by molar-refractivity contribution is 7.99. The Bertz CT molecular complexity index is 606. The fourth-order valence-corrected chi connectivity index (χ4v) is 2.21. The van der Waals surface area contributed by atoms with Gasteiger partial charge in [0, 0.05) is 12.3 Å². The molecule has 0 bridgehead atoms. The summed E-state index contributed by atoms with van der Waals surface area (Å²) in [5, 5.41) is 0.689. The van der Waals surface area contributed by atoms with E-state index in [0.29, 0.717) is 10.0 Å². The molecular weight excluding hydrogens is 301 g/mol. The highest BCUT2D eigenvalue weighted by Gasteiger charge is 2.33. The largest absolute Gasteiger partial charge is 0.433 e. The van der Waals surface area contributed by atoms with Gasteiger partial charge in [-0.2, -0.15) is 13.2 Å². The molecule has 2 aromatic rings. The first kappa shape index (κ1) is 13.9. The minimum Gasteiger partial charge on any atom is -0.368 e. The van der Waals surface area contributed by atoms with E-state index >= 15 is 0 Å². The van der Waals surface area contributed by atoms with Crippen molar-refractivity contribution in [2.75, 3.05) is 5.73 Å². The van der Waals surface area contributed by atoms with Crippen LogP contribution in [0.2, 0.25) is 5.02 Å². The average molecular weight is 307 g/mol. The summed E-state index contributed by atoms with van der Waals surface area (Å²) in [5.41, 5.74) is 4.16. The lowest BCUT2D eigenvalue weighted by Crippen LogP contribution is -2.11. The number of anilines is 1. The summed E-state index contributed by atoms with van der Waals surface area (Å²) in [6, 6.07) is 3.99. The first-order chi connectivity index (χ1) is 8.86. The zero-order valence-electron chi connectivity index (χ0n) is 9.15. The minimum absolute atomic E-state index is 0.0282. The number of aromatic nitrogens is 3. The Morgan fingerprint density at radius 2 is 2.00 bits per heavy atom. The third-order valence-corrected chi connectivity index (χ3v) is 3.29. The molecule has 0 radical (unpaired) electrons. The highest BCUT2D eigenvalue weighted by atomic mass is 35.5. The van der Waals surface area contributed by atoms with Crippen LogP contribution in [0, 0.1) is 0 Å². The average Bonchev–Trinajstić information content (AvgIpc) is 2.30. The molecule has 0 aliphatic carbocycles. The molecule has 0 unspecified atom stereocenters. The first-order valence-corrected chi connectivity index (χ1v) is 6.06. The van der Waals surface area contributed by atoms with Gasteiger partial charge in [-0.15, -0.1) is 0 Å². The molecule has 19 heavy (non-hydrogen) atoms. The third kappa shape index (κ3) is 3.48. The van der Waals surface area contributed by atoms with Gasteiger partial charge < -0.3 is 5.73 Å². The van der Waals surface area contributed by atoms with Crippen molar-refractivity contribution in [2.45, 2.75) is 16.2 Å². The van der Waals surface area contributed by atoms with Crippen LogP contribution in [-0.4, -0.2) is 15.0 Å². The number of hydrogen-bond donors (Lipinski definition) is 1. The van der Waals surface area contributed by atoms with Gasteiger partial charge in [-0.1, -0.05) is 11.6 Å². The number of hydrogen-bond acceptors (Lipinski definition) is 5. The predicted octanol–water partition coefficient (Wildman–Crippen LogP) is 3.28. The van der Waals surface area contributed by atoms with Crippen molar-refractivity contribution in [1.29, 1.82) is 0 Å². The van der Waals surface area contributed by atoms with Crippen LogP contribution in [0.15, 0.2) is 34.4 Å². The van der Waals surface area contributed by atoms with Crippen molar-refractivity contribution in [1.82, 2.24) is 15.0 Å². The molecule has 0 spiro atoms. The molecule has 2 heterocycles. The van der Waals surface area contributed by atoms with E-state index in [0.717, 1.165) is 17.8 Å². The second-order valence-electron chi connectivity index (χ2n) is 3.34. The molecule has 0 aromatic carbocycles. The van der Waals surface area contributed by atoms with Crippen LogP contribution in [0.5, 0.6) is 0 Å². The molecule has 2 aromatic heterocycles. The highest BCUT2D eigenvalue weighted by Crippen LogP contribution is 2.34. The predicted molar refractivity (Wildman–Crippen MR) is 64.8 cm³/mol. The van der Waals surface area contributed by atoms with Crippen LogP contribution in [0.1, 0.15) is 5.69 Å². The van der Waals surface area contributed by atoms with Gasteiger partial charge in [0.25, 0.3) is 0 Å². The van der Waals surface area contributed by atoms with Gasteiger partial charge in [0.15, 0.2) is 5.69 Å². The first-order valence-electron chi connectivity index (χ1n) is 4.86. The molecule has 2 rings (SSSR count). The molecule has 9 heteroatoms. The van der Waals surface area contributed by atoms with E-state index in [1.165, 1.54) is 6.20 Å². The maximum Gasteiger partial charge on any atom is 0.433 e. The Labute approximate surface area is 115 Å². The van der Waals surface area contributed by atoms with Crippen molar-refractivity contribution < 1.29 is 13.2 Å². The van der Waals surface area contributed by atoms with E-state index in [2.05, 4.69) is 15.0 Å². The molecule has 0 fully saturated rings. The zero-order chi connectivity index (χ0) is 14.0. The maximum atomic E-state index is 12.6. The summed E-state index contributed by atoms with van der Waals surface area (Å²) in [7, 11) is 0. The summed E-state index contributed by atoms with van der Waals surface area (Å²) in [4.78, 5) is 10.8. The molecule has 0 aliphatic rings. The summed E-state index contributed by atoms with van der Waals surface area (Å²) in [6.45, 7) is 0. The van der Waals surface area contributed by atoms with E-state index in [1.54, 1.807) is 12.1 Å². The van der Waals surface area contributed by atoms with E-state index in [-0.39, 0.29) is 5.03 Å². The fourth-order valence-electron chi connectivity index (χ4n) is 1.19. The smallest absolute Gasteiger partial charge is 0.368 e. The Morgan fingerprint density at radius 3 is 2.63 bits per heavy atom. The number of pyridine rings is 1. The van der Waals surface area contributed by atoms with Gasteiger partial charge in [-0.05, 0) is 23.9 Å². The molecule has 0 amide bonds. The molecule has 0 atom stereocenters. The van der Waals surface area contributed by atoms with Crippen molar-refractivity contribution in [3.63, 3.8) is 0 Å². The Balaban J connectivity index is 2.36. The van der Waals surface area contributed by atoms with Gasteiger partial charge in [0.2, 0.25) is 5.95 Å². The Kier molecular flexibility index (Phi) is 3.81. The number of nitrogen functional groups attached to an aromatic ring is 1. The van der Waals surface area contributed by atoms with Crippen LogP contribution >= 0.6 is 23.4 Å². The normalized spacial score (nSPS) is 11.6. The van der Waals surface area contributed by atoms with E-state index in [4.69, 9.17) is 17.3 Å². The van der Waals surface area contributed by atoms with E-state index in [9.17, 15) is 13.2 Å². The van der Waals surface area contributed by atoms with Crippen molar-refractivity contribution in [3.8, 4) is 0 Å². The standard InChI is InChI=1S/C10H6ClF3N4S/c11-5-2-1-3-16-8(5)19-7-4-6(10(12,13)14)17-9(15)18-7/h1-4H,(H2,15,17,18). The molecule has 0 aliphatic heterocycles. The van der Waals surface area contributed by atoms with E-state index in [1.807, 2.05) is 0 Å². The fraction of sp³-hybridized carbons (Fsp3) is 0.100. The number of halogens is 4. The monoisotopic (exact) mass is 306 g/mol. The van der Waals surface area contributed by atoms with Crippen molar-refractivity contribution >= 4 is 29.3 Å². The minimum atomic E-state index is -4.58. The summed E-state index contributed by atoms with van der Waals surface area (Å²) in [5.74, 6) is -0.454. The number of nitrogens with two attached hydrogens (primary N) is 1. The summed E-state index contributed by atoms with van der Waals surface area (Å²) in [6.07, 6.45) is -3.11. The van der Waals surface area contributed by atoms with E-state index < -0.39 is 17.8 Å². The maximum absolute atomic E-state index is 12.6. The van der Waals surface area contributed by atoms with Gasteiger partial charge in [0.1, 0.15) is 10.1 Å². The summed E-state index contributed by atoms with van der Waals surface area (Å²) < 4.78 is 37.7. The lowest BCUT2D eigenvalue weighted by molar-refractivity contribution is -0.141. The number of alkyl halides is 3. The molecule has 2 N–H and O–H groups in total. The van der Waals surface area contributed by atoms with Gasteiger partial charge in [-0.25, -0.2) is 15.0 Å². The van der Waals surface area contributed by atoms with Crippen molar-refractivity contribution in [3.05, 3.63) is 35.1 Å². The van der Waals surface area contributed by atoms with Gasteiger partial charge in [-0.3, -0.25) is 0 Å². The quantitative estimate of drug-likeness (QED) is 0.863. The molecule has 0 saturated heterocycles. The lowest BCUT2D eigenvalue weighted by atomic mass is 10.4. The van der Waals surface area contributed by atoms with Crippen LogP contribution in [0.25, 0.3) is 0 Å². The second kappa shape index (κ2) is 5.22. The van der Waals surface area contributed by atoms with Crippen LogP contribution < -0.4 is 5.73 Å². The van der Waals surface area contributed by atoms with Gasteiger partial charge in [0.05, 0.1) is 5.02 Å². The Morgan fingerprint density at radius 1 is 1.26 bits per heavy atom. The zero-order valence-corrected chi connectivity index (χ0v) is 10.7. The molecular formula is C10H6ClF3N4S. The van der Waals surface area contributed by atoms with Crippen LogP contribution in [0.3, 0.4) is 0 Å². The lowest BCUT2D eigenvalue weighted by Gasteiger charge is -2.08. The van der Waals surface area contributed by atoms with Crippen LogP contribution in [0.4, 0.5) is 19.1 Å². The molecule has 0 saturated carbocycles.